The van der Waals surface area contributed by atoms with Crippen LogP contribution in [0.4, 0.5) is 0 Å². The first kappa shape index (κ1) is 14.3. The third-order valence-electron chi connectivity index (χ3n) is 3.60. The van der Waals surface area contributed by atoms with Crippen molar-refractivity contribution < 1.29 is 14.4 Å². The molecule has 1 amide bonds. The lowest BCUT2D eigenvalue weighted by atomic mass is 10.1. The lowest BCUT2D eigenvalue weighted by Crippen LogP contribution is -2.28. The summed E-state index contributed by atoms with van der Waals surface area (Å²) >= 11 is 0. The van der Waals surface area contributed by atoms with E-state index in [2.05, 4.69) is 10.5 Å². The van der Waals surface area contributed by atoms with Crippen LogP contribution in [0.2, 0.25) is 0 Å². The Morgan fingerprint density at radius 2 is 2.23 bits per heavy atom. The van der Waals surface area contributed by atoms with Gasteiger partial charge in [0, 0.05) is 42.3 Å². The van der Waals surface area contributed by atoms with Crippen molar-refractivity contribution in [2.45, 2.75) is 13.0 Å². The first-order valence-electron chi connectivity index (χ1n) is 7.00. The fraction of sp³-hybridized carbons (Fsp3) is 0.250. The van der Waals surface area contributed by atoms with Crippen molar-refractivity contribution in [3.05, 3.63) is 53.5 Å². The van der Waals surface area contributed by atoms with Crippen molar-refractivity contribution in [3.63, 3.8) is 0 Å². The number of carbonyl (C=O) groups excluding carboxylic acids is 1. The SMILES string of the molecule is Cc1cc(C(=O)NC[C@H](O)c2cn(C)c3ccccc23)no1. The average molecular weight is 299 g/mol. The molecule has 0 aliphatic carbocycles. The van der Waals surface area contributed by atoms with Gasteiger partial charge in [-0.3, -0.25) is 4.79 Å². The second-order valence-electron chi connectivity index (χ2n) is 5.26. The third kappa shape index (κ3) is 2.60. The number of amides is 1. The number of para-hydroxylation sites is 1. The molecule has 2 aromatic heterocycles. The molecule has 22 heavy (non-hydrogen) atoms. The van der Waals surface area contributed by atoms with Gasteiger partial charge in [0.1, 0.15) is 5.76 Å². The van der Waals surface area contributed by atoms with E-state index in [4.69, 9.17) is 4.52 Å². The minimum absolute atomic E-state index is 0.110. The minimum Gasteiger partial charge on any atom is -0.386 e. The summed E-state index contributed by atoms with van der Waals surface area (Å²) in [6.45, 7) is 1.83. The summed E-state index contributed by atoms with van der Waals surface area (Å²) in [7, 11) is 1.93. The van der Waals surface area contributed by atoms with Gasteiger partial charge < -0.3 is 19.5 Å². The van der Waals surface area contributed by atoms with Gasteiger partial charge in [-0.05, 0) is 13.0 Å². The Hall–Kier alpha value is -2.60. The van der Waals surface area contributed by atoms with E-state index >= 15 is 0 Å². The molecule has 6 heteroatoms. The molecule has 0 saturated heterocycles. The Bertz CT molecular complexity index is 819. The molecular formula is C16H17N3O3. The Morgan fingerprint density at radius 1 is 1.45 bits per heavy atom. The number of nitrogens with one attached hydrogen (secondary N) is 1. The molecule has 0 fully saturated rings. The first-order chi connectivity index (χ1) is 10.6. The van der Waals surface area contributed by atoms with Crippen LogP contribution in [0.3, 0.4) is 0 Å². The number of aliphatic hydroxyl groups excluding tert-OH is 1. The van der Waals surface area contributed by atoms with E-state index in [1.54, 1.807) is 13.0 Å². The van der Waals surface area contributed by atoms with Crippen molar-refractivity contribution in [1.29, 1.82) is 0 Å². The monoisotopic (exact) mass is 299 g/mol. The van der Waals surface area contributed by atoms with E-state index < -0.39 is 6.10 Å². The highest BCUT2D eigenvalue weighted by molar-refractivity contribution is 5.92. The van der Waals surface area contributed by atoms with Crippen molar-refractivity contribution in [2.24, 2.45) is 7.05 Å². The molecule has 114 valence electrons. The third-order valence-corrected chi connectivity index (χ3v) is 3.60. The number of rotatable bonds is 4. The number of hydrogen-bond donors (Lipinski definition) is 2. The molecule has 0 radical (unpaired) electrons. The van der Waals surface area contributed by atoms with Crippen LogP contribution in [0.5, 0.6) is 0 Å². The standard InChI is InChI=1S/C16H17N3O3/c1-10-7-13(18-22-10)16(21)17-8-15(20)12-9-19(2)14-6-4-3-5-11(12)14/h3-7,9,15,20H,8H2,1-2H3,(H,17,21)/t15-/m0/s1. The van der Waals surface area contributed by atoms with Gasteiger partial charge >= 0.3 is 0 Å². The van der Waals surface area contributed by atoms with Crippen LogP contribution in [0.15, 0.2) is 41.1 Å². The molecular weight excluding hydrogens is 282 g/mol. The smallest absolute Gasteiger partial charge is 0.273 e. The maximum absolute atomic E-state index is 11.9. The number of aromatic nitrogens is 2. The molecule has 1 atom stereocenters. The highest BCUT2D eigenvalue weighted by atomic mass is 16.5. The van der Waals surface area contributed by atoms with Crippen molar-refractivity contribution >= 4 is 16.8 Å². The molecule has 0 unspecified atom stereocenters. The molecule has 3 aromatic rings. The fourth-order valence-electron chi connectivity index (χ4n) is 2.50. The zero-order valence-corrected chi connectivity index (χ0v) is 12.4. The topological polar surface area (TPSA) is 80.3 Å². The molecule has 0 saturated carbocycles. The van der Waals surface area contributed by atoms with Crippen molar-refractivity contribution in [2.75, 3.05) is 6.54 Å². The summed E-state index contributed by atoms with van der Waals surface area (Å²) in [5.41, 5.74) is 2.03. The van der Waals surface area contributed by atoms with Crippen LogP contribution in [0.25, 0.3) is 10.9 Å². The average Bonchev–Trinajstić information content (AvgIpc) is 3.09. The number of hydrogen-bond acceptors (Lipinski definition) is 4. The summed E-state index contributed by atoms with van der Waals surface area (Å²) in [5.74, 6) is 0.205. The lowest BCUT2D eigenvalue weighted by molar-refractivity contribution is 0.0908. The van der Waals surface area contributed by atoms with Gasteiger partial charge in [0.05, 0.1) is 6.10 Å². The maximum atomic E-state index is 11.9. The number of aliphatic hydroxyl groups is 1. The number of carbonyl (C=O) groups is 1. The Kier molecular flexibility index (Phi) is 3.68. The van der Waals surface area contributed by atoms with Crippen LogP contribution in [0.1, 0.15) is 27.9 Å². The van der Waals surface area contributed by atoms with E-state index in [-0.39, 0.29) is 18.1 Å². The van der Waals surface area contributed by atoms with E-state index in [9.17, 15) is 9.90 Å². The molecule has 6 nitrogen and oxygen atoms in total. The zero-order valence-electron chi connectivity index (χ0n) is 12.4. The van der Waals surface area contributed by atoms with Crippen LogP contribution in [-0.4, -0.2) is 27.3 Å². The van der Waals surface area contributed by atoms with Crippen molar-refractivity contribution in [1.82, 2.24) is 15.0 Å². The predicted octanol–water partition coefficient (Wildman–Crippen LogP) is 1.94. The molecule has 0 aliphatic heterocycles. The Morgan fingerprint density at radius 3 is 2.95 bits per heavy atom. The van der Waals surface area contributed by atoms with Gasteiger partial charge in [0.15, 0.2) is 5.69 Å². The quantitative estimate of drug-likeness (QED) is 0.771. The minimum atomic E-state index is -0.789. The van der Waals surface area contributed by atoms with Crippen LogP contribution < -0.4 is 5.32 Å². The van der Waals surface area contributed by atoms with Crippen molar-refractivity contribution in [3.8, 4) is 0 Å². The Labute approximate surface area is 127 Å². The summed E-state index contributed by atoms with van der Waals surface area (Å²) in [5, 5.41) is 17.6. The first-order valence-corrected chi connectivity index (χ1v) is 7.00. The van der Waals surface area contributed by atoms with Crippen LogP contribution in [0, 0.1) is 6.92 Å². The molecule has 1 aromatic carbocycles. The van der Waals surface area contributed by atoms with Gasteiger partial charge in [0.25, 0.3) is 5.91 Å². The van der Waals surface area contributed by atoms with Gasteiger partial charge in [-0.2, -0.15) is 0 Å². The van der Waals surface area contributed by atoms with Gasteiger partial charge in [-0.25, -0.2) is 0 Å². The molecule has 0 bridgehead atoms. The molecule has 0 spiro atoms. The van der Waals surface area contributed by atoms with E-state index in [0.717, 1.165) is 16.5 Å². The number of benzene rings is 1. The normalized spacial score (nSPS) is 12.5. The largest absolute Gasteiger partial charge is 0.386 e. The molecule has 0 aliphatic rings. The van der Waals surface area contributed by atoms with Gasteiger partial charge in [-0.15, -0.1) is 0 Å². The number of aryl methyl sites for hydroxylation is 2. The second kappa shape index (κ2) is 5.65. The maximum Gasteiger partial charge on any atom is 0.273 e. The summed E-state index contributed by atoms with van der Waals surface area (Å²) in [4.78, 5) is 11.9. The summed E-state index contributed by atoms with van der Waals surface area (Å²) in [6.07, 6.45) is 1.09. The highest BCUT2D eigenvalue weighted by Crippen LogP contribution is 2.25. The number of fused-ring (bicyclic) bond motifs is 1. The zero-order chi connectivity index (χ0) is 15.7. The summed E-state index contributed by atoms with van der Waals surface area (Å²) < 4.78 is 6.82. The van der Waals surface area contributed by atoms with Gasteiger partial charge in [-0.1, -0.05) is 23.4 Å². The lowest BCUT2D eigenvalue weighted by Gasteiger charge is -2.10. The molecule has 3 rings (SSSR count). The molecule has 2 heterocycles. The molecule has 2 N–H and O–H groups in total. The van der Waals surface area contributed by atoms with E-state index in [1.807, 2.05) is 42.1 Å². The second-order valence-corrected chi connectivity index (χ2v) is 5.26. The van der Waals surface area contributed by atoms with Gasteiger partial charge in [0.2, 0.25) is 0 Å². The fourth-order valence-corrected chi connectivity index (χ4v) is 2.50. The van der Waals surface area contributed by atoms with Crippen LogP contribution in [-0.2, 0) is 7.05 Å². The Balaban J connectivity index is 1.74. The van der Waals surface area contributed by atoms with E-state index in [0.29, 0.717) is 5.76 Å². The predicted molar refractivity (Wildman–Crippen MR) is 81.5 cm³/mol. The van der Waals surface area contributed by atoms with E-state index in [1.165, 1.54) is 0 Å². The van der Waals surface area contributed by atoms with Crippen LogP contribution >= 0.6 is 0 Å². The number of nitrogens with zero attached hydrogens (tertiary/aromatic N) is 2. The summed E-state index contributed by atoms with van der Waals surface area (Å²) in [6, 6.07) is 9.38. The highest BCUT2D eigenvalue weighted by Gasteiger charge is 2.17.